The first kappa shape index (κ1) is 47.1. The minimum Gasteiger partial charge on any atom is -0.454 e. The standard InChI is InChI=1S/C26H34N2O5S.C18H23N3O5S/c1-17-14-18(2)20(4)26(19(17)3)34(30,31)28-12-10-27(11-13-28)21(5)23(29)8-6-22-7-9-24-25(15-22)33-16-32-24;1-4-20(5-2)27(24,25)18-12-16(21(22)23)10-11-17(18)19-15-8-6-14(7-9-15)13-26-3/h7,9,14-15,21H,6,8,10-13,16H2,1-5H3;6-12,19H,4-5,13H2,1-3H3. The Morgan fingerprint density at radius 1 is 0.852 bits per heavy atom. The van der Waals surface area contributed by atoms with Crippen molar-refractivity contribution < 1.29 is 40.8 Å². The Kier molecular flexibility index (Phi) is 15.7. The summed E-state index contributed by atoms with van der Waals surface area (Å²) in [4.78, 5) is 25.8. The van der Waals surface area contributed by atoms with Crippen molar-refractivity contribution in [1.29, 1.82) is 0 Å². The Morgan fingerprint density at radius 2 is 1.46 bits per heavy atom. The number of carbonyl (C=O) groups is 1. The number of Topliss-reactive ketones (excluding diaryl/α,β-unsaturated/α-hetero) is 1. The number of nitro groups is 1. The molecule has 0 radical (unpaired) electrons. The van der Waals surface area contributed by atoms with Crippen LogP contribution in [0.2, 0.25) is 0 Å². The minimum atomic E-state index is -3.88. The smallest absolute Gasteiger partial charge is 0.270 e. The Labute approximate surface area is 359 Å². The maximum absolute atomic E-state index is 13.5. The number of fused-ring (bicyclic) bond motifs is 1. The zero-order valence-electron chi connectivity index (χ0n) is 36.2. The van der Waals surface area contributed by atoms with Gasteiger partial charge >= 0.3 is 0 Å². The number of aryl methyl sites for hydroxylation is 3. The van der Waals surface area contributed by atoms with Gasteiger partial charge in [0.2, 0.25) is 26.8 Å². The lowest BCUT2D eigenvalue weighted by atomic mass is 10.0. The van der Waals surface area contributed by atoms with E-state index in [1.807, 2.05) is 71.0 Å². The van der Waals surface area contributed by atoms with E-state index in [2.05, 4.69) is 10.2 Å². The highest BCUT2D eigenvalue weighted by Crippen LogP contribution is 2.34. The third-order valence-corrected chi connectivity index (χ3v) is 15.6. The molecule has 1 N–H and O–H groups in total. The minimum absolute atomic E-state index is 0.124. The van der Waals surface area contributed by atoms with Crippen LogP contribution in [0.3, 0.4) is 0 Å². The van der Waals surface area contributed by atoms with Gasteiger partial charge in [0, 0.05) is 70.6 Å². The van der Waals surface area contributed by atoms with Crippen molar-refractivity contribution in [2.24, 2.45) is 0 Å². The number of nitrogens with one attached hydrogen (secondary N) is 1. The predicted octanol–water partition coefficient (Wildman–Crippen LogP) is 7.06. The van der Waals surface area contributed by atoms with E-state index in [-0.39, 0.29) is 48.0 Å². The van der Waals surface area contributed by atoms with E-state index in [0.717, 1.165) is 50.9 Å². The molecule has 4 aromatic rings. The average molecular weight is 880 g/mol. The zero-order chi connectivity index (χ0) is 44.6. The quantitative estimate of drug-likeness (QED) is 0.0897. The zero-order valence-corrected chi connectivity index (χ0v) is 37.8. The molecule has 0 saturated carbocycles. The number of hydrogen-bond donors (Lipinski definition) is 1. The topological polar surface area (TPSA) is 178 Å². The SMILES string of the molecule is CCN(CC)S(=O)(=O)c1cc([N+](=O)[O-])ccc1Nc1ccc(COC)cc1.Cc1cc(C)c(C)c(S(=O)(=O)N2CCN(C(C)C(=O)CCc3ccc4c(c3)OCO4)CC2)c1C. The highest BCUT2D eigenvalue weighted by molar-refractivity contribution is 7.89. The molecule has 17 heteroatoms. The molecule has 1 unspecified atom stereocenters. The van der Waals surface area contributed by atoms with Crippen LogP contribution in [-0.4, -0.2) is 100 Å². The highest BCUT2D eigenvalue weighted by atomic mass is 32.2. The number of rotatable bonds is 16. The number of ether oxygens (including phenoxy) is 3. The van der Waals surface area contributed by atoms with Gasteiger partial charge < -0.3 is 19.5 Å². The van der Waals surface area contributed by atoms with Gasteiger partial charge in [-0.2, -0.15) is 8.61 Å². The molecule has 0 spiro atoms. The first-order valence-corrected chi connectivity index (χ1v) is 23.2. The Balaban J connectivity index is 0.000000238. The second kappa shape index (κ2) is 20.3. The second-order valence-corrected chi connectivity index (χ2v) is 18.9. The summed E-state index contributed by atoms with van der Waals surface area (Å²) in [7, 11) is -5.86. The molecule has 6 rings (SSSR count). The molecule has 2 aliphatic rings. The number of ketones is 1. The molecular formula is C44H57N5O10S2. The molecule has 0 aromatic heterocycles. The first-order chi connectivity index (χ1) is 28.9. The molecule has 1 saturated heterocycles. The molecule has 2 heterocycles. The molecule has 0 amide bonds. The van der Waals surface area contributed by atoms with Crippen LogP contribution in [0.15, 0.2) is 76.5 Å². The van der Waals surface area contributed by atoms with E-state index in [0.29, 0.717) is 56.2 Å². The summed E-state index contributed by atoms with van der Waals surface area (Å²) < 4.78 is 71.6. The number of hydrogen-bond acceptors (Lipinski definition) is 12. The van der Waals surface area contributed by atoms with Gasteiger partial charge in [-0.15, -0.1) is 0 Å². The number of benzene rings is 4. The van der Waals surface area contributed by atoms with Gasteiger partial charge in [0.05, 0.1) is 28.2 Å². The summed E-state index contributed by atoms with van der Waals surface area (Å²) in [6.07, 6.45) is 1.07. The van der Waals surface area contributed by atoms with Gasteiger partial charge in [-0.3, -0.25) is 19.8 Å². The van der Waals surface area contributed by atoms with Gasteiger partial charge in [-0.25, -0.2) is 16.8 Å². The monoisotopic (exact) mass is 879 g/mol. The van der Waals surface area contributed by atoms with Crippen molar-refractivity contribution in [2.45, 2.75) is 83.7 Å². The summed E-state index contributed by atoms with van der Waals surface area (Å²) in [5.41, 5.74) is 6.30. The van der Waals surface area contributed by atoms with E-state index < -0.39 is 25.0 Å². The summed E-state index contributed by atoms with van der Waals surface area (Å²) in [6.45, 7) is 16.1. The largest absolute Gasteiger partial charge is 0.454 e. The molecular weight excluding hydrogens is 823 g/mol. The van der Waals surface area contributed by atoms with Gasteiger partial charge in [0.25, 0.3) is 5.69 Å². The number of sulfonamides is 2. The summed E-state index contributed by atoms with van der Waals surface area (Å²) in [6, 6.07) is 18.7. The molecule has 15 nitrogen and oxygen atoms in total. The number of carbonyl (C=O) groups excluding carboxylic acids is 1. The molecule has 4 aromatic carbocycles. The number of nitrogens with zero attached hydrogens (tertiary/aromatic N) is 4. The fourth-order valence-corrected chi connectivity index (χ4v) is 11.1. The maximum atomic E-state index is 13.5. The van der Waals surface area contributed by atoms with Crippen LogP contribution in [0, 0.1) is 37.8 Å². The van der Waals surface area contributed by atoms with Crippen LogP contribution >= 0.6 is 0 Å². The Morgan fingerprint density at radius 3 is 2.05 bits per heavy atom. The Bertz CT molecular complexity index is 2410. The highest BCUT2D eigenvalue weighted by Gasteiger charge is 2.34. The van der Waals surface area contributed by atoms with Crippen molar-refractivity contribution in [2.75, 3.05) is 58.5 Å². The first-order valence-electron chi connectivity index (χ1n) is 20.3. The van der Waals surface area contributed by atoms with Crippen LogP contribution in [0.1, 0.15) is 60.6 Å². The van der Waals surface area contributed by atoms with E-state index in [1.165, 1.54) is 16.4 Å². The van der Waals surface area contributed by atoms with Crippen LogP contribution < -0.4 is 14.8 Å². The van der Waals surface area contributed by atoms with Gasteiger partial charge in [0.1, 0.15) is 10.7 Å². The van der Waals surface area contributed by atoms with E-state index in [4.69, 9.17) is 14.2 Å². The van der Waals surface area contributed by atoms with Crippen LogP contribution in [0.25, 0.3) is 0 Å². The third kappa shape index (κ3) is 10.9. The van der Waals surface area contributed by atoms with Crippen molar-refractivity contribution in [3.63, 3.8) is 0 Å². The normalized spacial score (nSPS) is 15.0. The molecule has 2 aliphatic heterocycles. The third-order valence-electron chi connectivity index (χ3n) is 11.3. The predicted molar refractivity (Wildman–Crippen MR) is 235 cm³/mol. The van der Waals surface area contributed by atoms with E-state index in [9.17, 15) is 31.7 Å². The summed E-state index contributed by atoms with van der Waals surface area (Å²) in [5, 5.41) is 14.2. The second-order valence-electron chi connectivity index (χ2n) is 15.1. The van der Waals surface area contributed by atoms with Crippen LogP contribution in [-0.2, 0) is 42.6 Å². The van der Waals surface area contributed by atoms with Crippen LogP contribution in [0.5, 0.6) is 11.5 Å². The molecule has 0 bridgehead atoms. The van der Waals surface area contributed by atoms with Crippen molar-refractivity contribution in [1.82, 2.24) is 13.5 Å². The van der Waals surface area contributed by atoms with Gasteiger partial charge in [-0.05, 0) is 105 Å². The van der Waals surface area contributed by atoms with E-state index in [1.54, 1.807) is 37.4 Å². The average Bonchev–Trinajstić information content (AvgIpc) is 3.71. The van der Waals surface area contributed by atoms with Gasteiger partial charge in [-0.1, -0.05) is 38.1 Å². The lowest BCUT2D eigenvalue weighted by molar-refractivity contribution is -0.385. The van der Waals surface area contributed by atoms with Crippen LogP contribution in [0.4, 0.5) is 17.1 Å². The molecule has 1 fully saturated rings. The number of non-ortho nitro benzene ring substituents is 1. The van der Waals surface area contributed by atoms with Crippen molar-refractivity contribution in [3.05, 3.63) is 110 Å². The number of nitro benzene ring substituents is 1. The number of anilines is 2. The molecule has 61 heavy (non-hydrogen) atoms. The van der Waals surface area contributed by atoms with Crippen molar-refractivity contribution in [3.8, 4) is 11.5 Å². The lowest BCUT2D eigenvalue weighted by Crippen LogP contribution is -2.53. The maximum Gasteiger partial charge on any atom is 0.270 e. The van der Waals surface area contributed by atoms with E-state index >= 15 is 0 Å². The van der Waals surface area contributed by atoms with Gasteiger partial charge in [0.15, 0.2) is 11.5 Å². The summed E-state index contributed by atoms with van der Waals surface area (Å²) >= 11 is 0. The molecule has 0 aliphatic carbocycles. The molecule has 1 atom stereocenters. The summed E-state index contributed by atoms with van der Waals surface area (Å²) in [5.74, 6) is 1.63. The fraction of sp³-hybridized carbons (Fsp3) is 0.432. The fourth-order valence-electron chi connectivity index (χ4n) is 7.45. The lowest BCUT2D eigenvalue weighted by Gasteiger charge is -2.37. The van der Waals surface area contributed by atoms with Crippen molar-refractivity contribution >= 4 is 42.9 Å². The number of methoxy groups -OCH3 is 1. The Hall–Kier alpha value is -4.91. The molecule has 330 valence electrons. The number of piperazine rings is 1.